The second kappa shape index (κ2) is 10.00. The highest BCUT2D eigenvalue weighted by molar-refractivity contribution is 14.0. The zero-order chi connectivity index (χ0) is 14.2. The monoisotopic (exact) mass is 402 g/mol. The minimum absolute atomic E-state index is 0. The van der Waals surface area contributed by atoms with Crippen molar-refractivity contribution in [3.63, 3.8) is 0 Å². The van der Waals surface area contributed by atoms with E-state index in [1.54, 1.807) is 0 Å². The van der Waals surface area contributed by atoms with Crippen LogP contribution in [0.15, 0.2) is 29.3 Å². The Morgan fingerprint density at radius 1 is 1.14 bits per heavy atom. The van der Waals surface area contributed by atoms with E-state index in [0.717, 1.165) is 51.6 Å². The first kappa shape index (κ1) is 18.2. The fourth-order valence-electron chi connectivity index (χ4n) is 2.30. The molecule has 2 rings (SSSR count). The lowest BCUT2D eigenvalue weighted by atomic mass is 10.1. The molecule has 0 saturated carbocycles. The van der Waals surface area contributed by atoms with E-state index in [1.165, 1.54) is 11.1 Å². The number of benzene rings is 1. The molecular formula is C16H27IN4. The third-order valence-corrected chi connectivity index (χ3v) is 3.68. The summed E-state index contributed by atoms with van der Waals surface area (Å²) in [5.41, 5.74) is 2.67. The van der Waals surface area contributed by atoms with Crippen molar-refractivity contribution in [3.05, 3.63) is 35.4 Å². The Bertz CT molecular complexity index is 426. The summed E-state index contributed by atoms with van der Waals surface area (Å²) in [5.74, 6) is 0.934. The van der Waals surface area contributed by atoms with Crippen LogP contribution in [-0.4, -0.2) is 37.0 Å². The molecule has 0 spiro atoms. The van der Waals surface area contributed by atoms with Crippen LogP contribution >= 0.6 is 24.0 Å². The van der Waals surface area contributed by atoms with E-state index in [4.69, 9.17) is 0 Å². The van der Waals surface area contributed by atoms with Gasteiger partial charge in [0.2, 0.25) is 0 Å². The highest BCUT2D eigenvalue weighted by atomic mass is 127. The van der Waals surface area contributed by atoms with Gasteiger partial charge in [-0.3, -0.25) is 9.89 Å². The predicted octanol–water partition coefficient (Wildman–Crippen LogP) is 2.59. The van der Waals surface area contributed by atoms with Crippen LogP contribution in [-0.2, 0) is 13.1 Å². The third kappa shape index (κ3) is 6.22. The number of halogens is 1. The van der Waals surface area contributed by atoms with Crippen molar-refractivity contribution >= 4 is 29.9 Å². The lowest BCUT2D eigenvalue weighted by molar-refractivity contribution is 0.296. The number of rotatable bonds is 6. The highest BCUT2D eigenvalue weighted by Crippen LogP contribution is 2.07. The van der Waals surface area contributed by atoms with Crippen LogP contribution in [0.1, 0.15) is 31.4 Å². The van der Waals surface area contributed by atoms with Gasteiger partial charge in [0, 0.05) is 26.2 Å². The Balaban J connectivity index is 0.00000220. The minimum Gasteiger partial charge on any atom is -0.356 e. The summed E-state index contributed by atoms with van der Waals surface area (Å²) in [6.45, 7) is 10.4. The molecule has 0 unspecified atom stereocenters. The van der Waals surface area contributed by atoms with Gasteiger partial charge in [0.25, 0.3) is 0 Å². The number of nitrogens with zero attached hydrogens (tertiary/aromatic N) is 2. The SMILES string of the molecule is CCN(CC)Cc1ccc(CNC2=NCCCN2)cc1.I. The fourth-order valence-corrected chi connectivity index (χ4v) is 2.30. The Morgan fingerprint density at radius 3 is 2.38 bits per heavy atom. The van der Waals surface area contributed by atoms with Crippen molar-refractivity contribution in [3.8, 4) is 0 Å². The highest BCUT2D eigenvalue weighted by Gasteiger charge is 2.04. The largest absolute Gasteiger partial charge is 0.356 e. The Kier molecular flexibility index (Phi) is 8.68. The molecule has 0 atom stereocenters. The van der Waals surface area contributed by atoms with E-state index < -0.39 is 0 Å². The molecule has 118 valence electrons. The van der Waals surface area contributed by atoms with E-state index in [-0.39, 0.29) is 24.0 Å². The molecule has 0 bridgehead atoms. The molecule has 1 aromatic carbocycles. The minimum atomic E-state index is 0. The summed E-state index contributed by atoms with van der Waals surface area (Å²) >= 11 is 0. The molecule has 1 aromatic rings. The molecule has 0 aliphatic carbocycles. The van der Waals surface area contributed by atoms with Gasteiger partial charge in [-0.1, -0.05) is 38.1 Å². The Morgan fingerprint density at radius 2 is 1.81 bits per heavy atom. The van der Waals surface area contributed by atoms with E-state index in [0.29, 0.717) is 0 Å². The molecule has 2 N–H and O–H groups in total. The van der Waals surface area contributed by atoms with Gasteiger partial charge in [0.05, 0.1) is 0 Å². The maximum Gasteiger partial charge on any atom is 0.191 e. The van der Waals surface area contributed by atoms with E-state index in [2.05, 4.69) is 58.6 Å². The van der Waals surface area contributed by atoms with Crippen molar-refractivity contribution in [2.24, 2.45) is 4.99 Å². The number of hydrogen-bond donors (Lipinski definition) is 2. The van der Waals surface area contributed by atoms with Gasteiger partial charge in [-0.25, -0.2) is 0 Å². The summed E-state index contributed by atoms with van der Waals surface area (Å²) in [5, 5.41) is 6.62. The molecule has 0 amide bonds. The second-order valence-electron chi connectivity index (χ2n) is 5.14. The first-order valence-electron chi connectivity index (χ1n) is 7.64. The van der Waals surface area contributed by atoms with Gasteiger partial charge in [0.15, 0.2) is 5.96 Å². The van der Waals surface area contributed by atoms with Crippen LogP contribution in [0.4, 0.5) is 0 Å². The summed E-state index contributed by atoms with van der Waals surface area (Å²) < 4.78 is 0. The normalized spacial score (nSPS) is 14.1. The lowest BCUT2D eigenvalue weighted by Gasteiger charge is -2.18. The van der Waals surface area contributed by atoms with Gasteiger partial charge < -0.3 is 10.6 Å². The molecule has 5 heteroatoms. The molecule has 0 saturated heterocycles. The van der Waals surface area contributed by atoms with Crippen molar-refractivity contribution in [2.45, 2.75) is 33.4 Å². The molecule has 1 aliphatic heterocycles. The van der Waals surface area contributed by atoms with Gasteiger partial charge >= 0.3 is 0 Å². The number of guanidine groups is 1. The van der Waals surface area contributed by atoms with E-state index in [9.17, 15) is 0 Å². The smallest absolute Gasteiger partial charge is 0.191 e. The quantitative estimate of drug-likeness (QED) is 0.719. The van der Waals surface area contributed by atoms with Gasteiger partial charge in [-0.05, 0) is 30.6 Å². The summed E-state index contributed by atoms with van der Waals surface area (Å²) in [6.07, 6.45) is 1.13. The van der Waals surface area contributed by atoms with Gasteiger partial charge in [0.1, 0.15) is 0 Å². The number of hydrogen-bond acceptors (Lipinski definition) is 4. The molecule has 1 heterocycles. The first-order chi connectivity index (χ1) is 9.81. The molecule has 0 radical (unpaired) electrons. The van der Waals surface area contributed by atoms with Crippen molar-refractivity contribution in [1.29, 1.82) is 0 Å². The maximum atomic E-state index is 4.41. The standard InChI is InChI=1S/C16H26N4.HI/c1-3-20(4-2)13-15-8-6-14(7-9-15)12-19-16-17-10-5-11-18-16;/h6-9H,3-5,10-13H2,1-2H3,(H2,17,18,19);1H. The predicted molar refractivity (Wildman–Crippen MR) is 100 cm³/mol. The van der Waals surface area contributed by atoms with Crippen LogP contribution in [0.25, 0.3) is 0 Å². The summed E-state index contributed by atoms with van der Waals surface area (Å²) in [4.78, 5) is 6.84. The van der Waals surface area contributed by atoms with Crippen LogP contribution in [0.3, 0.4) is 0 Å². The molecular weight excluding hydrogens is 375 g/mol. The lowest BCUT2D eigenvalue weighted by Crippen LogP contribution is -2.40. The topological polar surface area (TPSA) is 39.7 Å². The Hall–Kier alpha value is -0.820. The van der Waals surface area contributed by atoms with Crippen molar-refractivity contribution < 1.29 is 0 Å². The third-order valence-electron chi connectivity index (χ3n) is 3.68. The van der Waals surface area contributed by atoms with Crippen LogP contribution in [0.5, 0.6) is 0 Å². The molecule has 0 fully saturated rings. The van der Waals surface area contributed by atoms with Crippen LogP contribution in [0.2, 0.25) is 0 Å². The average molecular weight is 402 g/mol. The van der Waals surface area contributed by atoms with Crippen LogP contribution in [0, 0.1) is 0 Å². The first-order valence-corrected chi connectivity index (χ1v) is 7.64. The van der Waals surface area contributed by atoms with Gasteiger partial charge in [-0.2, -0.15) is 0 Å². The zero-order valence-electron chi connectivity index (χ0n) is 13.1. The maximum absolute atomic E-state index is 4.41. The molecule has 0 aromatic heterocycles. The number of nitrogens with one attached hydrogen (secondary N) is 2. The molecule has 21 heavy (non-hydrogen) atoms. The van der Waals surface area contributed by atoms with Crippen molar-refractivity contribution in [2.75, 3.05) is 26.2 Å². The molecule has 1 aliphatic rings. The second-order valence-corrected chi connectivity index (χ2v) is 5.14. The zero-order valence-corrected chi connectivity index (χ0v) is 15.4. The van der Waals surface area contributed by atoms with Crippen molar-refractivity contribution in [1.82, 2.24) is 15.5 Å². The average Bonchev–Trinajstić information content (AvgIpc) is 2.53. The fraction of sp³-hybridized carbons (Fsp3) is 0.562. The number of aliphatic imine (C=N–C) groups is 1. The van der Waals surface area contributed by atoms with E-state index >= 15 is 0 Å². The molecule has 4 nitrogen and oxygen atoms in total. The van der Waals surface area contributed by atoms with Gasteiger partial charge in [-0.15, -0.1) is 24.0 Å². The van der Waals surface area contributed by atoms with Crippen LogP contribution < -0.4 is 10.6 Å². The summed E-state index contributed by atoms with van der Waals surface area (Å²) in [6, 6.07) is 8.86. The summed E-state index contributed by atoms with van der Waals surface area (Å²) in [7, 11) is 0. The Labute approximate surface area is 145 Å². The van der Waals surface area contributed by atoms with E-state index in [1.807, 2.05) is 0 Å².